The van der Waals surface area contributed by atoms with E-state index < -0.39 is 0 Å². The lowest BCUT2D eigenvalue weighted by Gasteiger charge is -1.95. The highest BCUT2D eigenvalue weighted by atomic mass is 16.1. The maximum absolute atomic E-state index is 11.4. The van der Waals surface area contributed by atoms with Gasteiger partial charge in [-0.1, -0.05) is 11.8 Å². The van der Waals surface area contributed by atoms with Crippen molar-refractivity contribution >= 4 is 10.9 Å². The number of nitrogens with one attached hydrogen (secondary N) is 1. The lowest BCUT2D eigenvalue weighted by atomic mass is 10.1. The third kappa shape index (κ3) is 1.87. The molecule has 0 saturated carbocycles. The van der Waals surface area contributed by atoms with Crippen LogP contribution in [0, 0.1) is 11.8 Å². The molecule has 2 aromatic rings. The van der Waals surface area contributed by atoms with Gasteiger partial charge in [0, 0.05) is 5.56 Å². The van der Waals surface area contributed by atoms with Gasteiger partial charge in [0.1, 0.15) is 0 Å². The van der Waals surface area contributed by atoms with Gasteiger partial charge in [-0.15, -0.1) is 0 Å². The zero-order chi connectivity index (χ0) is 10.7. The number of H-pyrrole nitrogens is 1. The minimum Gasteiger partial charge on any atom is -0.320 e. The molecule has 15 heavy (non-hydrogen) atoms. The van der Waals surface area contributed by atoms with Gasteiger partial charge < -0.3 is 10.7 Å². The summed E-state index contributed by atoms with van der Waals surface area (Å²) in [7, 11) is 0. The minimum atomic E-state index is -0.156. The molecule has 0 bridgehead atoms. The number of benzene rings is 1. The molecule has 0 aliphatic rings. The van der Waals surface area contributed by atoms with Crippen LogP contribution in [-0.4, -0.2) is 16.5 Å². The fourth-order valence-electron chi connectivity index (χ4n) is 1.30. The van der Waals surface area contributed by atoms with Gasteiger partial charge in [0.2, 0.25) is 0 Å². The molecule has 1 aromatic heterocycles. The van der Waals surface area contributed by atoms with E-state index in [0.29, 0.717) is 17.4 Å². The van der Waals surface area contributed by atoms with Crippen molar-refractivity contribution in [3.05, 3.63) is 40.4 Å². The zero-order valence-electron chi connectivity index (χ0n) is 7.95. The van der Waals surface area contributed by atoms with E-state index in [4.69, 9.17) is 5.73 Å². The van der Waals surface area contributed by atoms with Crippen LogP contribution in [0.3, 0.4) is 0 Å². The van der Waals surface area contributed by atoms with Crippen molar-refractivity contribution < 1.29 is 0 Å². The summed E-state index contributed by atoms with van der Waals surface area (Å²) >= 11 is 0. The molecular formula is C11H9N3O. The Morgan fingerprint density at radius 2 is 2.33 bits per heavy atom. The first-order valence-corrected chi connectivity index (χ1v) is 4.47. The summed E-state index contributed by atoms with van der Waals surface area (Å²) in [6, 6.07) is 5.30. The second-order valence-electron chi connectivity index (χ2n) is 2.97. The predicted molar refractivity (Wildman–Crippen MR) is 58.3 cm³/mol. The Labute approximate surface area is 86.1 Å². The third-order valence-corrected chi connectivity index (χ3v) is 1.98. The molecule has 0 amide bonds. The van der Waals surface area contributed by atoms with E-state index in [9.17, 15) is 4.79 Å². The van der Waals surface area contributed by atoms with E-state index in [0.717, 1.165) is 5.56 Å². The Balaban J connectivity index is 2.65. The summed E-state index contributed by atoms with van der Waals surface area (Å²) in [5.74, 6) is 5.60. The van der Waals surface area contributed by atoms with Crippen molar-refractivity contribution in [1.82, 2.24) is 9.97 Å². The minimum absolute atomic E-state index is 0.156. The molecule has 74 valence electrons. The summed E-state index contributed by atoms with van der Waals surface area (Å²) in [4.78, 5) is 18.0. The molecule has 0 spiro atoms. The van der Waals surface area contributed by atoms with Crippen LogP contribution < -0.4 is 11.3 Å². The van der Waals surface area contributed by atoms with Crippen LogP contribution >= 0.6 is 0 Å². The molecule has 2 rings (SSSR count). The molecule has 0 unspecified atom stereocenters. The number of nitrogens with two attached hydrogens (primary N) is 1. The average Bonchev–Trinajstić information content (AvgIpc) is 2.27. The number of hydrogen-bond donors (Lipinski definition) is 2. The van der Waals surface area contributed by atoms with Gasteiger partial charge in [0.25, 0.3) is 5.56 Å². The Morgan fingerprint density at radius 1 is 1.47 bits per heavy atom. The van der Waals surface area contributed by atoms with Gasteiger partial charge in [-0.25, -0.2) is 4.98 Å². The second kappa shape index (κ2) is 3.95. The standard InChI is InChI=1S/C11H9N3O/c12-5-1-2-8-3-4-10-9(6-8)11(15)14-7-13-10/h3-4,6-7H,5,12H2,(H,13,14,15). The van der Waals surface area contributed by atoms with Crippen LogP contribution in [0.4, 0.5) is 0 Å². The van der Waals surface area contributed by atoms with E-state index in [2.05, 4.69) is 21.8 Å². The number of hydrogen-bond acceptors (Lipinski definition) is 3. The molecule has 0 saturated heterocycles. The molecule has 1 aromatic carbocycles. The van der Waals surface area contributed by atoms with Crippen LogP contribution in [0.15, 0.2) is 29.3 Å². The monoisotopic (exact) mass is 199 g/mol. The SMILES string of the molecule is NCC#Cc1ccc2nc[nH]c(=O)c2c1. The van der Waals surface area contributed by atoms with E-state index in [-0.39, 0.29) is 5.56 Å². The summed E-state index contributed by atoms with van der Waals surface area (Å²) in [5, 5.41) is 0.543. The molecule has 0 atom stereocenters. The van der Waals surface area contributed by atoms with Crippen molar-refractivity contribution in [2.75, 3.05) is 6.54 Å². The summed E-state index contributed by atoms with van der Waals surface area (Å²) in [6.45, 7) is 0.307. The smallest absolute Gasteiger partial charge is 0.258 e. The molecule has 0 radical (unpaired) electrons. The van der Waals surface area contributed by atoms with Crippen LogP contribution in [0.25, 0.3) is 10.9 Å². The Hall–Kier alpha value is -2.12. The highest BCUT2D eigenvalue weighted by molar-refractivity contribution is 5.78. The van der Waals surface area contributed by atoms with Gasteiger partial charge in [-0.05, 0) is 18.2 Å². The number of aromatic amines is 1. The number of nitrogens with zero attached hydrogens (tertiary/aromatic N) is 1. The molecule has 0 aliphatic heterocycles. The van der Waals surface area contributed by atoms with Crippen molar-refractivity contribution in [1.29, 1.82) is 0 Å². The zero-order valence-corrected chi connectivity index (χ0v) is 7.95. The second-order valence-corrected chi connectivity index (χ2v) is 2.97. The van der Waals surface area contributed by atoms with E-state index >= 15 is 0 Å². The van der Waals surface area contributed by atoms with Crippen LogP contribution in [0.1, 0.15) is 5.56 Å². The van der Waals surface area contributed by atoms with Gasteiger partial charge in [0.05, 0.1) is 23.8 Å². The number of aromatic nitrogens is 2. The highest BCUT2D eigenvalue weighted by Gasteiger charge is 1.98. The largest absolute Gasteiger partial charge is 0.320 e. The molecule has 0 fully saturated rings. The molecule has 1 heterocycles. The maximum Gasteiger partial charge on any atom is 0.258 e. The molecule has 4 heteroatoms. The lowest BCUT2D eigenvalue weighted by molar-refractivity contribution is 1.17. The number of fused-ring (bicyclic) bond motifs is 1. The first-order chi connectivity index (χ1) is 7.31. The normalized spacial score (nSPS) is 9.67. The topological polar surface area (TPSA) is 71.8 Å². The Bertz CT molecular complexity index is 604. The molecule has 0 aliphatic carbocycles. The quantitative estimate of drug-likeness (QED) is 0.597. The van der Waals surface area contributed by atoms with Crippen LogP contribution in [-0.2, 0) is 0 Å². The van der Waals surface area contributed by atoms with Gasteiger partial charge in [-0.3, -0.25) is 4.79 Å². The van der Waals surface area contributed by atoms with E-state index in [1.165, 1.54) is 6.33 Å². The Kier molecular flexibility index (Phi) is 2.48. The van der Waals surface area contributed by atoms with Gasteiger partial charge in [0.15, 0.2) is 0 Å². The fraction of sp³-hybridized carbons (Fsp3) is 0.0909. The van der Waals surface area contributed by atoms with Crippen molar-refractivity contribution in [3.8, 4) is 11.8 Å². The van der Waals surface area contributed by atoms with Gasteiger partial charge in [-0.2, -0.15) is 0 Å². The van der Waals surface area contributed by atoms with E-state index in [1.54, 1.807) is 12.1 Å². The molecule has 3 N–H and O–H groups in total. The molecular weight excluding hydrogens is 190 g/mol. The van der Waals surface area contributed by atoms with Crippen LogP contribution in [0.2, 0.25) is 0 Å². The first-order valence-electron chi connectivity index (χ1n) is 4.47. The maximum atomic E-state index is 11.4. The van der Waals surface area contributed by atoms with Crippen molar-refractivity contribution in [2.24, 2.45) is 5.73 Å². The summed E-state index contributed by atoms with van der Waals surface area (Å²) < 4.78 is 0. The highest BCUT2D eigenvalue weighted by Crippen LogP contribution is 2.07. The number of rotatable bonds is 0. The molecule has 4 nitrogen and oxygen atoms in total. The first kappa shape index (κ1) is 9.44. The van der Waals surface area contributed by atoms with Crippen molar-refractivity contribution in [3.63, 3.8) is 0 Å². The summed E-state index contributed by atoms with van der Waals surface area (Å²) in [6.07, 6.45) is 1.38. The average molecular weight is 199 g/mol. The predicted octanol–water partition coefficient (Wildman–Crippen LogP) is 0.233. The van der Waals surface area contributed by atoms with Crippen molar-refractivity contribution in [2.45, 2.75) is 0 Å². The third-order valence-electron chi connectivity index (χ3n) is 1.98. The van der Waals surface area contributed by atoms with Gasteiger partial charge >= 0.3 is 0 Å². The lowest BCUT2D eigenvalue weighted by Crippen LogP contribution is -2.06. The van der Waals surface area contributed by atoms with E-state index in [1.807, 2.05) is 6.07 Å². The Morgan fingerprint density at radius 3 is 3.13 bits per heavy atom. The summed E-state index contributed by atoms with van der Waals surface area (Å²) in [5.41, 5.74) is 6.54. The van der Waals surface area contributed by atoms with Crippen LogP contribution in [0.5, 0.6) is 0 Å². The fourth-order valence-corrected chi connectivity index (χ4v) is 1.30.